The molecular formula is C12H15NO2. The Morgan fingerprint density at radius 3 is 2.80 bits per heavy atom. The minimum Gasteiger partial charge on any atom is -0.497 e. The highest BCUT2D eigenvalue weighted by Crippen LogP contribution is 2.14. The van der Waals surface area contributed by atoms with E-state index >= 15 is 0 Å². The van der Waals surface area contributed by atoms with E-state index in [0.717, 1.165) is 25.2 Å². The SMILES string of the molecule is COc1ccc(CC2N=CCCO2)cc1. The van der Waals surface area contributed by atoms with Crippen molar-refractivity contribution in [3.63, 3.8) is 0 Å². The molecule has 1 unspecified atom stereocenters. The van der Waals surface area contributed by atoms with Gasteiger partial charge in [-0.3, -0.25) is 4.99 Å². The Morgan fingerprint density at radius 1 is 1.40 bits per heavy atom. The van der Waals surface area contributed by atoms with Gasteiger partial charge in [0.25, 0.3) is 0 Å². The van der Waals surface area contributed by atoms with E-state index in [1.165, 1.54) is 5.56 Å². The monoisotopic (exact) mass is 205 g/mol. The molecule has 0 saturated carbocycles. The van der Waals surface area contributed by atoms with Crippen LogP contribution in [-0.4, -0.2) is 26.2 Å². The summed E-state index contributed by atoms with van der Waals surface area (Å²) >= 11 is 0. The standard InChI is InChI=1S/C12H15NO2/c1-14-11-5-3-10(4-6-11)9-12-13-7-2-8-15-12/h3-7,12H,2,8-9H2,1H3. The van der Waals surface area contributed by atoms with Gasteiger partial charge in [-0.1, -0.05) is 12.1 Å². The number of methoxy groups -OCH3 is 1. The summed E-state index contributed by atoms with van der Waals surface area (Å²) < 4.78 is 10.6. The Morgan fingerprint density at radius 2 is 2.20 bits per heavy atom. The summed E-state index contributed by atoms with van der Waals surface area (Å²) in [6.07, 6.45) is 3.70. The maximum Gasteiger partial charge on any atom is 0.151 e. The van der Waals surface area contributed by atoms with E-state index < -0.39 is 0 Å². The third-order valence-electron chi connectivity index (χ3n) is 2.40. The van der Waals surface area contributed by atoms with Gasteiger partial charge < -0.3 is 9.47 Å². The zero-order valence-corrected chi connectivity index (χ0v) is 8.85. The molecule has 3 nitrogen and oxygen atoms in total. The molecular weight excluding hydrogens is 190 g/mol. The van der Waals surface area contributed by atoms with Gasteiger partial charge in [0, 0.05) is 19.1 Å². The van der Waals surface area contributed by atoms with Gasteiger partial charge in [-0.25, -0.2) is 0 Å². The lowest BCUT2D eigenvalue weighted by atomic mass is 10.1. The van der Waals surface area contributed by atoms with Crippen LogP contribution in [0.4, 0.5) is 0 Å². The van der Waals surface area contributed by atoms with Crippen LogP contribution in [0.25, 0.3) is 0 Å². The second-order valence-corrected chi connectivity index (χ2v) is 3.50. The number of hydrogen-bond acceptors (Lipinski definition) is 3. The summed E-state index contributed by atoms with van der Waals surface area (Å²) in [6.45, 7) is 0.782. The van der Waals surface area contributed by atoms with Gasteiger partial charge in [-0.05, 0) is 17.7 Å². The van der Waals surface area contributed by atoms with E-state index in [2.05, 4.69) is 4.99 Å². The fraction of sp³-hybridized carbons (Fsp3) is 0.417. The van der Waals surface area contributed by atoms with Crippen molar-refractivity contribution in [2.24, 2.45) is 4.99 Å². The predicted octanol–water partition coefficient (Wildman–Crippen LogP) is 2.05. The number of ether oxygens (including phenoxy) is 2. The lowest BCUT2D eigenvalue weighted by Gasteiger charge is -2.16. The van der Waals surface area contributed by atoms with Crippen LogP contribution < -0.4 is 4.74 Å². The van der Waals surface area contributed by atoms with Crippen LogP contribution in [0.1, 0.15) is 12.0 Å². The molecule has 3 heteroatoms. The van der Waals surface area contributed by atoms with Crippen molar-refractivity contribution < 1.29 is 9.47 Å². The van der Waals surface area contributed by atoms with Crippen LogP contribution in [0.15, 0.2) is 29.3 Å². The van der Waals surface area contributed by atoms with E-state index in [1.807, 2.05) is 30.5 Å². The van der Waals surface area contributed by atoms with E-state index in [1.54, 1.807) is 7.11 Å². The quantitative estimate of drug-likeness (QED) is 0.756. The molecule has 1 aromatic rings. The summed E-state index contributed by atoms with van der Waals surface area (Å²) in [4.78, 5) is 4.29. The minimum absolute atomic E-state index is 0.00727. The Kier molecular flexibility index (Phi) is 3.35. The molecule has 15 heavy (non-hydrogen) atoms. The average molecular weight is 205 g/mol. The van der Waals surface area contributed by atoms with Crippen molar-refractivity contribution in [1.29, 1.82) is 0 Å². The van der Waals surface area contributed by atoms with Crippen molar-refractivity contribution in [2.45, 2.75) is 19.1 Å². The van der Waals surface area contributed by atoms with Crippen LogP contribution in [0.2, 0.25) is 0 Å². The Balaban J connectivity index is 1.97. The predicted molar refractivity (Wildman–Crippen MR) is 59.5 cm³/mol. The number of aliphatic imine (C=N–C) groups is 1. The molecule has 0 saturated heterocycles. The summed E-state index contributed by atoms with van der Waals surface area (Å²) in [5.41, 5.74) is 1.22. The first-order chi connectivity index (χ1) is 7.38. The van der Waals surface area contributed by atoms with Gasteiger partial charge >= 0.3 is 0 Å². The molecule has 1 aromatic carbocycles. The van der Waals surface area contributed by atoms with Crippen molar-refractivity contribution >= 4 is 6.21 Å². The van der Waals surface area contributed by atoms with Gasteiger partial charge in [0.05, 0.1) is 13.7 Å². The molecule has 1 aliphatic rings. The minimum atomic E-state index is -0.00727. The van der Waals surface area contributed by atoms with Crippen molar-refractivity contribution in [3.05, 3.63) is 29.8 Å². The van der Waals surface area contributed by atoms with Crippen molar-refractivity contribution in [1.82, 2.24) is 0 Å². The van der Waals surface area contributed by atoms with E-state index in [9.17, 15) is 0 Å². The number of hydrogen-bond donors (Lipinski definition) is 0. The highest BCUT2D eigenvalue weighted by atomic mass is 16.5. The lowest BCUT2D eigenvalue weighted by Crippen LogP contribution is -2.18. The van der Waals surface area contributed by atoms with E-state index in [4.69, 9.17) is 9.47 Å². The molecule has 1 aliphatic heterocycles. The van der Waals surface area contributed by atoms with Gasteiger partial charge in [0.1, 0.15) is 5.75 Å². The van der Waals surface area contributed by atoms with Crippen LogP contribution in [0.5, 0.6) is 5.75 Å². The average Bonchev–Trinajstić information content (AvgIpc) is 2.31. The Labute approximate surface area is 89.7 Å². The van der Waals surface area contributed by atoms with Crippen molar-refractivity contribution in [3.8, 4) is 5.75 Å². The fourth-order valence-electron chi connectivity index (χ4n) is 1.57. The topological polar surface area (TPSA) is 30.8 Å². The molecule has 0 aliphatic carbocycles. The summed E-state index contributed by atoms with van der Waals surface area (Å²) in [5, 5.41) is 0. The molecule has 1 heterocycles. The third kappa shape index (κ3) is 2.80. The Hall–Kier alpha value is -1.35. The molecule has 80 valence electrons. The summed E-state index contributed by atoms with van der Waals surface area (Å²) in [7, 11) is 1.67. The van der Waals surface area contributed by atoms with Gasteiger partial charge in [0.15, 0.2) is 6.23 Å². The number of nitrogens with zero attached hydrogens (tertiary/aromatic N) is 1. The molecule has 0 spiro atoms. The van der Waals surface area contributed by atoms with Crippen LogP contribution in [-0.2, 0) is 11.2 Å². The van der Waals surface area contributed by atoms with E-state index in [0.29, 0.717) is 0 Å². The first-order valence-corrected chi connectivity index (χ1v) is 5.14. The largest absolute Gasteiger partial charge is 0.497 e. The van der Waals surface area contributed by atoms with Gasteiger partial charge in [0.2, 0.25) is 0 Å². The van der Waals surface area contributed by atoms with E-state index in [-0.39, 0.29) is 6.23 Å². The zero-order valence-electron chi connectivity index (χ0n) is 8.85. The maximum atomic E-state index is 5.51. The van der Waals surface area contributed by atoms with Crippen LogP contribution >= 0.6 is 0 Å². The zero-order chi connectivity index (χ0) is 10.5. The normalized spacial score (nSPS) is 20.2. The number of rotatable bonds is 3. The summed E-state index contributed by atoms with van der Waals surface area (Å²) in [5.74, 6) is 0.881. The fourth-order valence-corrected chi connectivity index (χ4v) is 1.57. The lowest BCUT2D eigenvalue weighted by molar-refractivity contribution is 0.0574. The first-order valence-electron chi connectivity index (χ1n) is 5.14. The molecule has 2 rings (SSSR count). The number of benzene rings is 1. The molecule has 0 bridgehead atoms. The second-order valence-electron chi connectivity index (χ2n) is 3.50. The van der Waals surface area contributed by atoms with Crippen LogP contribution in [0, 0.1) is 0 Å². The molecule has 0 amide bonds. The molecule has 0 fully saturated rings. The first kappa shape index (κ1) is 10.2. The van der Waals surface area contributed by atoms with Gasteiger partial charge in [-0.2, -0.15) is 0 Å². The van der Waals surface area contributed by atoms with Gasteiger partial charge in [-0.15, -0.1) is 0 Å². The third-order valence-corrected chi connectivity index (χ3v) is 2.40. The highest BCUT2D eigenvalue weighted by molar-refractivity contribution is 5.58. The molecule has 1 atom stereocenters. The smallest absolute Gasteiger partial charge is 0.151 e. The maximum absolute atomic E-state index is 5.51. The second kappa shape index (κ2) is 4.94. The van der Waals surface area contributed by atoms with Crippen molar-refractivity contribution in [2.75, 3.05) is 13.7 Å². The Bertz CT molecular complexity index is 332. The molecule has 0 radical (unpaired) electrons. The molecule has 0 aromatic heterocycles. The highest BCUT2D eigenvalue weighted by Gasteiger charge is 2.10. The molecule has 0 N–H and O–H groups in total. The van der Waals surface area contributed by atoms with Crippen LogP contribution in [0.3, 0.4) is 0 Å². The summed E-state index contributed by atoms with van der Waals surface area (Å²) in [6, 6.07) is 8.02.